The average Bonchev–Trinajstić information content (AvgIpc) is 3.42. The van der Waals surface area contributed by atoms with Gasteiger partial charge in [0.25, 0.3) is 5.91 Å². The summed E-state index contributed by atoms with van der Waals surface area (Å²) < 4.78 is 0. The Kier molecular flexibility index (Phi) is 4.45. The number of amides is 2. The number of thiazole rings is 1. The molecule has 4 rings (SSSR count). The topological polar surface area (TPSA) is 84.0 Å². The summed E-state index contributed by atoms with van der Waals surface area (Å²) in [5, 5.41) is 8.06. The number of hydrogen-bond acceptors (Lipinski definition) is 5. The lowest BCUT2D eigenvalue weighted by molar-refractivity contribution is -0.117. The minimum Gasteiger partial charge on any atom is -0.326 e. The van der Waals surface area contributed by atoms with Gasteiger partial charge in [0, 0.05) is 28.7 Å². The van der Waals surface area contributed by atoms with Crippen molar-refractivity contribution >= 4 is 34.0 Å². The second kappa shape index (κ2) is 7.05. The largest absolute Gasteiger partial charge is 0.326 e. The van der Waals surface area contributed by atoms with Crippen LogP contribution in [0.1, 0.15) is 23.3 Å². The van der Waals surface area contributed by atoms with Crippen LogP contribution in [0.2, 0.25) is 0 Å². The Hall–Kier alpha value is -3.06. The summed E-state index contributed by atoms with van der Waals surface area (Å²) in [5.41, 5.74) is 2.72. The van der Waals surface area contributed by atoms with Gasteiger partial charge in [-0.1, -0.05) is 18.2 Å². The van der Waals surface area contributed by atoms with Gasteiger partial charge in [0.15, 0.2) is 5.13 Å². The summed E-state index contributed by atoms with van der Waals surface area (Å²) in [5.74, 6) is -0.0629. The Balaban J connectivity index is 1.47. The molecule has 0 aliphatic heterocycles. The van der Waals surface area contributed by atoms with E-state index in [4.69, 9.17) is 0 Å². The summed E-state index contributed by atoms with van der Waals surface area (Å²) in [7, 11) is 0. The number of carbonyl (C=O) groups is 2. The zero-order chi connectivity index (χ0) is 17.9. The Bertz CT molecular complexity index is 951. The lowest BCUT2D eigenvalue weighted by Crippen LogP contribution is -2.13. The van der Waals surface area contributed by atoms with Crippen LogP contribution >= 0.6 is 11.3 Å². The standard InChI is InChI=1S/C19H16N4O2S/c24-17(12-7-8-12)21-14-5-3-4-13(10-14)16-11-26-19(22-16)23-18(25)15-6-1-2-9-20-15/h1-6,9-12H,7-8H2,(H,21,24)(H,22,23,25). The maximum absolute atomic E-state index is 12.2. The van der Waals surface area contributed by atoms with E-state index in [-0.39, 0.29) is 17.7 Å². The predicted octanol–water partition coefficient (Wildman–Crippen LogP) is 3.81. The number of rotatable bonds is 5. The highest BCUT2D eigenvalue weighted by atomic mass is 32.1. The van der Waals surface area contributed by atoms with Gasteiger partial charge >= 0.3 is 0 Å². The Labute approximate surface area is 154 Å². The molecule has 130 valence electrons. The van der Waals surface area contributed by atoms with Gasteiger partial charge in [0.05, 0.1) is 5.69 Å². The third-order valence-corrected chi connectivity index (χ3v) is 4.75. The highest BCUT2D eigenvalue weighted by Gasteiger charge is 2.29. The summed E-state index contributed by atoms with van der Waals surface area (Å²) in [4.78, 5) is 32.5. The van der Waals surface area contributed by atoms with Gasteiger partial charge < -0.3 is 5.32 Å². The van der Waals surface area contributed by atoms with E-state index in [1.807, 2.05) is 29.6 Å². The SMILES string of the molecule is O=C(Nc1nc(-c2cccc(NC(=O)C3CC3)c2)cs1)c1ccccn1. The van der Waals surface area contributed by atoms with Crippen LogP contribution in [-0.4, -0.2) is 21.8 Å². The van der Waals surface area contributed by atoms with E-state index in [1.165, 1.54) is 11.3 Å². The quantitative estimate of drug-likeness (QED) is 0.721. The molecule has 0 radical (unpaired) electrons. The molecule has 0 spiro atoms. The summed E-state index contributed by atoms with van der Waals surface area (Å²) in [6.45, 7) is 0. The number of benzene rings is 1. The summed E-state index contributed by atoms with van der Waals surface area (Å²) in [6.07, 6.45) is 3.51. The molecule has 1 aliphatic rings. The zero-order valence-corrected chi connectivity index (χ0v) is 14.6. The molecule has 3 aromatic rings. The molecule has 1 fully saturated rings. The number of nitrogens with one attached hydrogen (secondary N) is 2. The first-order chi connectivity index (χ1) is 12.7. The number of aromatic nitrogens is 2. The molecule has 2 aromatic heterocycles. The minimum absolute atomic E-state index is 0.0729. The first-order valence-corrected chi connectivity index (χ1v) is 9.16. The van der Waals surface area contributed by atoms with Crippen LogP contribution < -0.4 is 10.6 Å². The van der Waals surface area contributed by atoms with Crippen molar-refractivity contribution in [2.45, 2.75) is 12.8 Å². The zero-order valence-electron chi connectivity index (χ0n) is 13.8. The fourth-order valence-electron chi connectivity index (χ4n) is 2.47. The molecule has 0 atom stereocenters. The van der Waals surface area contributed by atoms with E-state index in [9.17, 15) is 9.59 Å². The van der Waals surface area contributed by atoms with Gasteiger partial charge in [-0.3, -0.25) is 19.9 Å². The smallest absolute Gasteiger partial charge is 0.276 e. The van der Waals surface area contributed by atoms with Crippen LogP contribution in [0.3, 0.4) is 0 Å². The molecular weight excluding hydrogens is 348 g/mol. The van der Waals surface area contributed by atoms with Crippen molar-refractivity contribution < 1.29 is 9.59 Å². The maximum Gasteiger partial charge on any atom is 0.276 e. The van der Waals surface area contributed by atoms with Crippen LogP contribution in [0.25, 0.3) is 11.3 Å². The lowest BCUT2D eigenvalue weighted by atomic mass is 10.1. The first-order valence-electron chi connectivity index (χ1n) is 8.28. The van der Waals surface area contributed by atoms with Crippen molar-refractivity contribution in [1.82, 2.24) is 9.97 Å². The molecule has 0 bridgehead atoms. The monoisotopic (exact) mass is 364 g/mol. The van der Waals surface area contributed by atoms with Crippen molar-refractivity contribution in [3.63, 3.8) is 0 Å². The Morgan fingerprint density at radius 3 is 2.73 bits per heavy atom. The number of nitrogens with zero attached hydrogens (tertiary/aromatic N) is 2. The van der Waals surface area contributed by atoms with Crippen LogP contribution in [0.4, 0.5) is 10.8 Å². The van der Waals surface area contributed by atoms with E-state index in [2.05, 4.69) is 20.6 Å². The van der Waals surface area contributed by atoms with Crippen LogP contribution in [0, 0.1) is 5.92 Å². The summed E-state index contributed by atoms with van der Waals surface area (Å²) >= 11 is 1.34. The minimum atomic E-state index is -0.294. The fraction of sp³-hybridized carbons (Fsp3) is 0.158. The molecule has 2 heterocycles. The van der Waals surface area contributed by atoms with Gasteiger partial charge in [-0.05, 0) is 37.1 Å². The van der Waals surface area contributed by atoms with E-state index in [0.29, 0.717) is 10.8 Å². The van der Waals surface area contributed by atoms with Gasteiger partial charge in [0.1, 0.15) is 5.69 Å². The van der Waals surface area contributed by atoms with Crippen LogP contribution in [0.15, 0.2) is 54.0 Å². The van der Waals surface area contributed by atoms with Crippen LogP contribution in [-0.2, 0) is 4.79 Å². The van der Waals surface area contributed by atoms with Gasteiger partial charge in [-0.25, -0.2) is 4.98 Å². The Morgan fingerprint density at radius 2 is 1.96 bits per heavy atom. The highest BCUT2D eigenvalue weighted by molar-refractivity contribution is 7.14. The number of hydrogen-bond donors (Lipinski definition) is 2. The van der Waals surface area contributed by atoms with Crippen LogP contribution in [0.5, 0.6) is 0 Å². The number of pyridine rings is 1. The van der Waals surface area contributed by atoms with Crippen molar-refractivity contribution in [3.8, 4) is 11.3 Å². The molecule has 1 aliphatic carbocycles. The van der Waals surface area contributed by atoms with Gasteiger partial charge in [-0.15, -0.1) is 11.3 Å². The average molecular weight is 364 g/mol. The van der Waals surface area contributed by atoms with E-state index in [1.54, 1.807) is 24.4 Å². The molecule has 26 heavy (non-hydrogen) atoms. The molecule has 0 unspecified atom stereocenters. The summed E-state index contributed by atoms with van der Waals surface area (Å²) in [6, 6.07) is 12.7. The third kappa shape index (κ3) is 3.78. The van der Waals surface area contributed by atoms with E-state index >= 15 is 0 Å². The predicted molar refractivity (Wildman–Crippen MR) is 101 cm³/mol. The van der Waals surface area contributed by atoms with Crippen molar-refractivity contribution in [1.29, 1.82) is 0 Å². The van der Waals surface area contributed by atoms with Gasteiger partial charge in [0.2, 0.25) is 5.91 Å². The molecule has 1 saturated carbocycles. The normalized spacial score (nSPS) is 13.2. The van der Waals surface area contributed by atoms with Crippen molar-refractivity contribution in [2.24, 2.45) is 5.92 Å². The van der Waals surface area contributed by atoms with E-state index in [0.717, 1.165) is 29.8 Å². The molecule has 1 aromatic carbocycles. The lowest BCUT2D eigenvalue weighted by Gasteiger charge is -2.05. The first kappa shape index (κ1) is 16.4. The number of anilines is 2. The molecule has 0 saturated heterocycles. The molecule has 7 heteroatoms. The third-order valence-electron chi connectivity index (χ3n) is 4.00. The highest BCUT2D eigenvalue weighted by Crippen LogP contribution is 2.31. The Morgan fingerprint density at radius 1 is 1.08 bits per heavy atom. The number of carbonyl (C=O) groups excluding carboxylic acids is 2. The second-order valence-corrected chi connectivity index (χ2v) is 6.91. The molecule has 2 amide bonds. The molecule has 2 N–H and O–H groups in total. The fourth-order valence-corrected chi connectivity index (χ4v) is 3.18. The van der Waals surface area contributed by atoms with Crippen molar-refractivity contribution in [3.05, 3.63) is 59.7 Å². The van der Waals surface area contributed by atoms with Gasteiger partial charge in [-0.2, -0.15) is 0 Å². The van der Waals surface area contributed by atoms with Crippen molar-refractivity contribution in [2.75, 3.05) is 10.6 Å². The molecule has 6 nitrogen and oxygen atoms in total. The maximum atomic E-state index is 12.2. The second-order valence-electron chi connectivity index (χ2n) is 6.05. The molecular formula is C19H16N4O2S. The van der Waals surface area contributed by atoms with E-state index < -0.39 is 0 Å².